The van der Waals surface area contributed by atoms with Gasteiger partial charge in [0.2, 0.25) is 0 Å². The molecular formula is C16H17ClN2S. The van der Waals surface area contributed by atoms with E-state index in [0.717, 1.165) is 17.8 Å². The Labute approximate surface area is 128 Å². The fourth-order valence-electron chi connectivity index (χ4n) is 2.66. The molecule has 1 aromatic carbocycles. The second-order valence-electron chi connectivity index (χ2n) is 5.16. The first-order valence-corrected chi connectivity index (χ1v) is 8.16. The summed E-state index contributed by atoms with van der Waals surface area (Å²) in [5, 5.41) is 2.12. The number of fused-ring (bicyclic) bond motifs is 1. The maximum absolute atomic E-state index is 6.09. The van der Waals surface area contributed by atoms with Crippen LogP contribution in [0.15, 0.2) is 35.7 Å². The highest BCUT2D eigenvalue weighted by molar-refractivity contribution is 7.09. The fraction of sp³-hybridized carbons (Fsp3) is 0.312. The number of halogens is 1. The summed E-state index contributed by atoms with van der Waals surface area (Å²) >= 11 is 7.89. The smallest absolute Gasteiger partial charge is 0.125 e. The van der Waals surface area contributed by atoms with Gasteiger partial charge in [-0.05, 0) is 43.0 Å². The van der Waals surface area contributed by atoms with Crippen molar-refractivity contribution in [3.8, 4) is 0 Å². The summed E-state index contributed by atoms with van der Waals surface area (Å²) in [7, 11) is 0. The second kappa shape index (κ2) is 5.58. The average molecular weight is 305 g/mol. The van der Waals surface area contributed by atoms with Crippen molar-refractivity contribution in [1.29, 1.82) is 0 Å². The molecule has 1 unspecified atom stereocenters. The zero-order valence-electron chi connectivity index (χ0n) is 11.6. The van der Waals surface area contributed by atoms with Gasteiger partial charge in [-0.15, -0.1) is 22.9 Å². The standard InChI is InChI=1S/C16H17ClN2S/c1-11-5-6-15-14(8-11)18-16(10-17)19(15)12(2)9-13-4-3-7-20-13/h3-8,12H,9-10H2,1-2H3. The zero-order valence-corrected chi connectivity index (χ0v) is 13.2. The van der Waals surface area contributed by atoms with Crippen molar-refractivity contribution >= 4 is 34.0 Å². The van der Waals surface area contributed by atoms with Crippen molar-refractivity contribution in [2.75, 3.05) is 0 Å². The first-order chi connectivity index (χ1) is 9.69. The van der Waals surface area contributed by atoms with Gasteiger partial charge in [-0.25, -0.2) is 4.98 Å². The molecule has 0 radical (unpaired) electrons. The molecule has 0 saturated carbocycles. The summed E-state index contributed by atoms with van der Waals surface area (Å²) in [5.41, 5.74) is 3.45. The lowest BCUT2D eigenvalue weighted by Gasteiger charge is -2.16. The van der Waals surface area contributed by atoms with Gasteiger partial charge in [0.1, 0.15) is 5.82 Å². The summed E-state index contributed by atoms with van der Waals surface area (Å²) in [5.74, 6) is 1.40. The maximum Gasteiger partial charge on any atom is 0.125 e. The molecule has 2 nitrogen and oxygen atoms in total. The third-order valence-corrected chi connectivity index (χ3v) is 4.69. The van der Waals surface area contributed by atoms with E-state index in [0.29, 0.717) is 11.9 Å². The van der Waals surface area contributed by atoms with Gasteiger partial charge in [0, 0.05) is 17.3 Å². The Balaban J connectivity index is 2.04. The predicted octanol–water partition coefficient (Wildman–Crippen LogP) is 4.95. The Kier molecular flexibility index (Phi) is 3.81. The Hall–Kier alpha value is -1.32. The van der Waals surface area contributed by atoms with E-state index < -0.39 is 0 Å². The third kappa shape index (κ3) is 2.48. The number of benzene rings is 1. The predicted molar refractivity (Wildman–Crippen MR) is 86.8 cm³/mol. The van der Waals surface area contributed by atoms with Crippen molar-refractivity contribution in [2.45, 2.75) is 32.2 Å². The number of thiophene rings is 1. The van der Waals surface area contributed by atoms with Crippen molar-refractivity contribution < 1.29 is 0 Å². The van der Waals surface area contributed by atoms with Gasteiger partial charge in [0.25, 0.3) is 0 Å². The van der Waals surface area contributed by atoms with Crippen LogP contribution in [0.25, 0.3) is 11.0 Å². The zero-order chi connectivity index (χ0) is 14.1. The molecule has 0 aliphatic carbocycles. The summed E-state index contributed by atoms with van der Waals surface area (Å²) < 4.78 is 2.28. The highest BCUT2D eigenvalue weighted by Crippen LogP contribution is 2.26. The van der Waals surface area contributed by atoms with E-state index in [4.69, 9.17) is 11.6 Å². The van der Waals surface area contributed by atoms with Gasteiger partial charge in [0.05, 0.1) is 16.9 Å². The van der Waals surface area contributed by atoms with Crippen molar-refractivity contribution in [1.82, 2.24) is 9.55 Å². The summed E-state index contributed by atoms with van der Waals surface area (Å²) in [4.78, 5) is 6.07. The van der Waals surface area contributed by atoms with Crippen LogP contribution in [0.3, 0.4) is 0 Å². The average Bonchev–Trinajstić information content (AvgIpc) is 3.04. The molecule has 2 aromatic heterocycles. The van der Waals surface area contributed by atoms with E-state index in [2.05, 4.69) is 59.1 Å². The monoisotopic (exact) mass is 304 g/mol. The van der Waals surface area contributed by atoms with Gasteiger partial charge >= 0.3 is 0 Å². The number of nitrogens with zero attached hydrogens (tertiary/aromatic N) is 2. The van der Waals surface area contributed by atoms with Crippen LogP contribution in [0.5, 0.6) is 0 Å². The lowest BCUT2D eigenvalue weighted by Crippen LogP contribution is -2.10. The van der Waals surface area contributed by atoms with E-state index >= 15 is 0 Å². The lowest BCUT2D eigenvalue weighted by atomic mass is 10.1. The highest BCUT2D eigenvalue weighted by atomic mass is 35.5. The molecule has 0 amide bonds. The van der Waals surface area contributed by atoms with Crippen LogP contribution >= 0.6 is 22.9 Å². The van der Waals surface area contributed by atoms with Crippen molar-refractivity contribution in [3.63, 3.8) is 0 Å². The SMILES string of the molecule is Cc1ccc2c(c1)nc(CCl)n2C(C)Cc1cccs1. The number of hydrogen-bond acceptors (Lipinski definition) is 2. The van der Waals surface area contributed by atoms with E-state index in [1.807, 2.05) is 0 Å². The van der Waals surface area contributed by atoms with Crippen molar-refractivity contribution in [2.24, 2.45) is 0 Å². The molecule has 0 N–H and O–H groups in total. The minimum absolute atomic E-state index is 0.357. The van der Waals surface area contributed by atoms with Crippen LogP contribution in [-0.2, 0) is 12.3 Å². The van der Waals surface area contributed by atoms with Crippen LogP contribution in [0, 0.1) is 6.92 Å². The number of hydrogen-bond donors (Lipinski definition) is 0. The van der Waals surface area contributed by atoms with Gasteiger partial charge in [-0.3, -0.25) is 0 Å². The largest absolute Gasteiger partial charge is 0.324 e. The number of aryl methyl sites for hydroxylation is 1. The number of aromatic nitrogens is 2. The van der Waals surface area contributed by atoms with E-state index in [-0.39, 0.29) is 0 Å². The first kappa shape index (κ1) is 13.7. The topological polar surface area (TPSA) is 17.8 Å². The molecular weight excluding hydrogens is 288 g/mol. The van der Waals surface area contributed by atoms with Crippen molar-refractivity contribution in [3.05, 3.63) is 52.0 Å². The Bertz CT molecular complexity index is 715. The van der Waals surface area contributed by atoms with Crippen LogP contribution in [-0.4, -0.2) is 9.55 Å². The van der Waals surface area contributed by atoms with Crippen LogP contribution in [0.4, 0.5) is 0 Å². The Morgan fingerprint density at radius 2 is 2.20 bits per heavy atom. The highest BCUT2D eigenvalue weighted by Gasteiger charge is 2.16. The molecule has 3 rings (SSSR count). The van der Waals surface area contributed by atoms with Gasteiger partial charge < -0.3 is 4.57 Å². The van der Waals surface area contributed by atoms with Gasteiger partial charge in [-0.2, -0.15) is 0 Å². The fourth-order valence-corrected chi connectivity index (χ4v) is 3.67. The number of alkyl halides is 1. The Morgan fingerprint density at radius 1 is 1.35 bits per heavy atom. The molecule has 0 aliphatic heterocycles. The maximum atomic E-state index is 6.09. The third-order valence-electron chi connectivity index (χ3n) is 3.56. The van der Waals surface area contributed by atoms with E-state index in [9.17, 15) is 0 Å². The molecule has 0 fully saturated rings. The number of imidazole rings is 1. The molecule has 0 aliphatic rings. The summed E-state index contributed by atoms with van der Waals surface area (Å²) in [6, 6.07) is 11.1. The molecule has 3 aromatic rings. The minimum Gasteiger partial charge on any atom is -0.324 e. The Morgan fingerprint density at radius 3 is 2.90 bits per heavy atom. The lowest BCUT2D eigenvalue weighted by molar-refractivity contribution is 0.547. The van der Waals surface area contributed by atoms with Crippen LogP contribution in [0.1, 0.15) is 29.2 Å². The van der Waals surface area contributed by atoms with E-state index in [1.165, 1.54) is 16.0 Å². The molecule has 0 spiro atoms. The number of rotatable bonds is 4. The molecule has 104 valence electrons. The minimum atomic E-state index is 0.357. The molecule has 20 heavy (non-hydrogen) atoms. The normalized spacial score (nSPS) is 12.9. The molecule has 0 bridgehead atoms. The van der Waals surface area contributed by atoms with Crippen LogP contribution in [0.2, 0.25) is 0 Å². The molecule has 2 heterocycles. The van der Waals surface area contributed by atoms with Crippen LogP contribution < -0.4 is 0 Å². The molecule has 1 atom stereocenters. The second-order valence-corrected chi connectivity index (χ2v) is 6.46. The molecule has 0 saturated heterocycles. The summed E-state index contributed by atoms with van der Waals surface area (Å²) in [6.07, 6.45) is 1.01. The molecule has 4 heteroatoms. The summed E-state index contributed by atoms with van der Waals surface area (Å²) in [6.45, 7) is 4.32. The quantitative estimate of drug-likeness (QED) is 0.624. The first-order valence-electron chi connectivity index (χ1n) is 6.75. The van der Waals surface area contributed by atoms with Gasteiger partial charge in [-0.1, -0.05) is 12.1 Å². The van der Waals surface area contributed by atoms with E-state index in [1.54, 1.807) is 11.3 Å². The van der Waals surface area contributed by atoms with Gasteiger partial charge in [0.15, 0.2) is 0 Å².